The number of hydrogen-bond acceptors (Lipinski definition) is 5. The first-order chi connectivity index (χ1) is 12.5. The first kappa shape index (κ1) is 16.7. The molecule has 1 amide bonds. The molecule has 0 bridgehead atoms. The minimum atomic E-state index is -0.366. The molecule has 3 N–H and O–H groups in total. The van der Waals surface area contributed by atoms with Crippen molar-refractivity contribution in [2.75, 3.05) is 11.1 Å². The van der Waals surface area contributed by atoms with Crippen molar-refractivity contribution < 1.29 is 9.21 Å². The lowest BCUT2D eigenvalue weighted by Gasteiger charge is -2.30. The molecule has 2 heterocycles. The molecule has 1 unspecified atom stereocenters. The minimum Gasteiger partial charge on any atom is -0.451 e. The Morgan fingerprint density at radius 1 is 1.23 bits per heavy atom. The van der Waals surface area contributed by atoms with Gasteiger partial charge in [-0.1, -0.05) is 42.1 Å². The molecule has 2 aromatic carbocycles. The molecular formula is C20H19N3O2S. The normalized spacial score (nSPS) is 20.0. The van der Waals surface area contributed by atoms with Gasteiger partial charge in [0.2, 0.25) is 0 Å². The predicted molar refractivity (Wildman–Crippen MR) is 107 cm³/mol. The van der Waals surface area contributed by atoms with Gasteiger partial charge in [-0.2, -0.15) is 0 Å². The first-order valence-electron chi connectivity index (χ1n) is 8.42. The highest BCUT2D eigenvalue weighted by Gasteiger charge is 2.29. The van der Waals surface area contributed by atoms with Crippen LogP contribution in [0, 0.1) is 0 Å². The summed E-state index contributed by atoms with van der Waals surface area (Å²) < 4.78 is 5.63. The summed E-state index contributed by atoms with van der Waals surface area (Å²) >= 11 is 1.57. The Morgan fingerprint density at radius 3 is 2.88 bits per heavy atom. The molecule has 0 radical (unpaired) electrons. The molecule has 4 rings (SSSR count). The highest BCUT2D eigenvalue weighted by atomic mass is 32.2. The van der Waals surface area contributed by atoms with Gasteiger partial charge < -0.3 is 15.5 Å². The van der Waals surface area contributed by atoms with Crippen molar-refractivity contribution in [3.05, 3.63) is 65.9 Å². The molecule has 132 valence electrons. The number of fused-ring (bicyclic) bond motifs is 1. The molecule has 1 atom stereocenters. The van der Waals surface area contributed by atoms with E-state index >= 15 is 0 Å². The maximum Gasteiger partial charge on any atom is 0.291 e. The van der Waals surface area contributed by atoms with Gasteiger partial charge in [0, 0.05) is 16.8 Å². The number of nitrogens with one attached hydrogen (secondary N) is 1. The lowest BCUT2D eigenvalue weighted by molar-refractivity contribution is 0.0998. The number of carbonyl (C=O) groups is 1. The van der Waals surface area contributed by atoms with Gasteiger partial charge in [-0.05, 0) is 43.2 Å². The fraction of sp³-hybridized carbons (Fsp3) is 0.200. The number of benzene rings is 2. The van der Waals surface area contributed by atoms with Gasteiger partial charge in [0.1, 0.15) is 5.58 Å². The van der Waals surface area contributed by atoms with E-state index in [1.807, 2.05) is 48.5 Å². The van der Waals surface area contributed by atoms with Gasteiger partial charge in [-0.3, -0.25) is 9.79 Å². The van der Waals surface area contributed by atoms with Crippen LogP contribution in [0.5, 0.6) is 0 Å². The minimum absolute atomic E-state index is 0.272. The molecule has 26 heavy (non-hydrogen) atoms. The summed E-state index contributed by atoms with van der Waals surface area (Å²) in [6.07, 6.45) is 0.902. The molecule has 6 heteroatoms. The van der Waals surface area contributed by atoms with Crippen LogP contribution in [0.25, 0.3) is 11.0 Å². The molecule has 1 aliphatic heterocycles. The van der Waals surface area contributed by atoms with E-state index in [-0.39, 0.29) is 11.4 Å². The number of amidine groups is 1. The van der Waals surface area contributed by atoms with E-state index in [1.165, 1.54) is 0 Å². The van der Waals surface area contributed by atoms with Crippen LogP contribution in [0.3, 0.4) is 0 Å². The van der Waals surface area contributed by atoms with Crippen LogP contribution in [0.15, 0.2) is 64.0 Å². The van der Waals surface area contributed by atoms with Crippen LogP contribution >= 0.6 is 11.8 Å². The smallest absolute Gasteiger partial charge is 0.291 e. The maximum atomic E-state index is 12.5. The summed E-state index contributed by atoms with van der Waals surface area (Å²) in [6, 6.07) is 17.1. The van der Waals surface area contributed by atoms with Gasteiger partial charge in [-0.15, -0.1) is 0 Å². The lowest BCUT2D eigenvalue weighted by Crippen LogP contribution is -2.28. The van der Waals surface area contributed by atoms with Crippen LogP contribution in [0.2, 0.25) is 0 Å². The second-order valence-corrected chi connectivity index (χ2v) is 7.62. The number of para-hydroxylation sites is 1. The van der Waals surface area contributed by atoms with Gasteiger partial charge >= 0.3 is 0 Å². The van der Waals surface area contributed by atoms with Crippen LogP contribution in [-0.2, 0) is 5.54 Å². The molecule has 0 saturated carbocycles. The maximum absolute atomic E-state index is 12.5. The van der Waals surface area contributed by atoms with Gasteiger partial charge in [0.05, 0.1) is 5.54 Å². The second kappa shape index (κ2) is 6.53. The van der Waals surface area contributed by atoms with Crippen molar-refractivity contribution in [2.24, 2.45) is 10.7 Å². The number of rotatable bonds is 3. The largest absolute Gasteiger partial charge is 0.451 e. The Bertz CT molecular complexity index is 978. The fourth-order valence-corrected chi connectivity index (χ4v) is 4.09. The number of amides is 1. The van der Waals surface area contributed by atoms with Crippen molar-refractivity contribution in [2.45, 2.75) is 18.9 Å². The van der Waals surface area contributed by atoms with Crippen LogP contribution < -0.4 is 11.1 Å². The van der Waals surface area contributed by atoms with E-state index in [1.54, 1.807) is 17.8 Å². The highest BCUT2D eigenvalue weighted by Crippen LogP contribution is 2.36. The van der Waals surface area contributed by atoms with Gasteiger partial charge in [0.25, 0.3) is 5.91 Å². The molecule has 3 aromatic rings. The zero-order chi connectivity index (χ0) is 18.1. The standard InChI is InChI=1S/C20H19N3O2S/c1-20(9-10-26-19(21)23-20)14-6-4-7-15(12-14)22-18(24)17-11-13-5-2-3-8-16(13)25-17/h2-8,11-12H,9-10H2,1H3,(H2,21,23)(H,22,24). The summed E-state index contributed by atoms with van der Waals surface area (Å²) in [5, 5.41) is 4.42. The average Bonchev–Trinajstić information content (AvgIpc) is 3.06. The summed E-state index contributed by atoms with van der Waals surface area (Å²) in [6.45, 7) is 2.07. The van der Waals surface area contributed by atoms with E-state index in [9.17, 15) is 4.79 Å². The number of nitrogens with zero attached hydrogens (tertiary/aromatic N) is 1. The number of carbonyl (C=O) groups excluding carboxylic acids is 1. The average molecular weight is 365 g/mol. The number of aliphatic imine (C=N–C) groups is 1. The summed E-state index contributed by atoms with van der Waals surface area (Å²) in [5.74, 6) is 0.950. The molecular weight excluding hydrogens is 346 g/mol. The number of furan rings is 1. The highest BCUT2D eigenvalue weighted by molar-refractivity contribution is 8.13. The summed E-state index contributed by atoms with van der Waals surface area (Å²) in [4.78, 5) is 17.2. The van der Waals surface area contributed by atoms with Crippen molar-refractivity contribution in [1.29, 1.82) is 0 Å². The molecule has 1 aromatic heterocycles. The van der Waals surface area contributed by atoms with E-state index in [2.05, 4.69) is 17.2 Å². The molecule has 0 aliphatic carbocycles. The number of thioether (sulfide) groups is 1. The Labute approximate surface area is 155 Å². The van der Waals surface area contributed by atoms with Gasteiger partial charge in [0.15, 0.2) is 10.9 Å². The molecule has 5 nitrogen and oxygen atoms in total. The first-order valence-corrected chi connectivity index (χ1v) is 9.41. The van der Waals surface area contributed by atoms with E-state index in [4.69, 9.17) is 10.2 Å². The summed E-state index contributed by atoms with van der Waals surface area (Å²) in [7, 11) is 0. The van der Waals surface area contributed by atoms with E-state index < -0.39 is 0 Å². The third kappa shape index (κ3) is 3.20. The number of hydrogen-bond donors (Lipinski definition) is 2. The lowest BCUT2D eigenvalue weighted by atomic mass is 9.89. The SMILES string of the molecule is CC1(c2cccc(NC(=O)c3cc4ccccc4o3)c2)CCSC(N)=N1. The molecule has 0 fully saturated rings. The zero-order valence-corrected chi connectivity index (χ0v) is 15.2. The third-order valence-electron chi connectivity index (χ3n) is 4.59. The Morgan fingerprint density at radius 2 is 2.08 bits per heavy atom. The monoisotopic (exact) mass is 365 g/mol. The second-order valence-electron chi connectivity index (χ2n) is 6.51. The van der Waals surface area contributed by atoms with Crippen LogP contribution in [0.4, 0.5) is 5.69 Å². The number of nitrogens with two attached hydrogens (primary N) is 1. The van der Waals surface area contributed by atoms with E-state index in [0.29, 0.717) is 22.2 Å². The quantitative estimate of drug-likeness (QED) is 0.723. The molecule has 0 saturated heterocycles. The topological polar surface area (TPSA) is 80.6 Å². The van der Waals surface area contributed by atoms with Crippen LogP contribution in [0.1, 0.15) is 29.5 Å². The van der Waals surface area contributed by atoms with Crippen molar-refractivity contribution in [1.82, 2.24) is 0 Å². The van der Waals surface area contributed by atoms with Crippen molar-refractivity contribution in [3.8, 4) is 0 Å². The van der Waals surface area contributed by atoms with E-state index in [0.717, 1.165) is 23.1 Å². The van der Waals surface area contributed by atoms with Gasteiger partial charge in [-0.25, -0.2) is 0 Å². The van der Waals surface area contributed by atoms with Crippen molar-refractivity contribution in [3.63, 3.8) is 0 Å². The molecule has 0 spiro atoms. The zero-order valence-electron chi connectivity index (χ0n) is 14.4. The summed E-state index contributed by atoms with van der Waals surface area (Å²) in [5.41, 5.74) is 7.98. The van der Waals surface area contributed by atoms with Crippen molar-refractivity contribution >= 4 is 39.5 Å². The number of anilines is 1. The Hall–Kier alpha value is -2.73. The third-order valence-corrected chi connectivity index (χ3v) is 5.38. The molecule has 1 aliphatic rings. The predicted octanol–water partition coefficient (Wildman–Crippen LogP) is 4.35. The fourth-order valence-electron chi connectivity index (χ4n) is 3.11. The Kier molecular flexibility index (Phi) is 4.20. The van der Waals surface area contributed by atoms with Crippen LogP contribution in [-0.4, -0.2) is 16.8 Å². The Balaban J connectivity index is 1.59.